The van der Waals surface area contributed by atoms with Gasteiger partial charge in [0.2, 0.25) is 0 Å². The summed E-state index contributed by atoms with van der Waals surface area (Å²) in [4.78, 5) is 33.5. The smallest absolute Gasteiger partial charge is 1.00 e. The molecule has 0 bridgehead atoms. The molecule has 0 aliphatic carbocycles. The molecular weight excluding hydrogens is 240 g/mol. The van der Waals surface area contributed by atoms with E-state index in [9.17, 15) is 14.4 Å². The Labute approximate surface area is 118 Å². The van der Waals surface area contributed by atoms with Crippen molar-refractivity contribution in [2.24, 2.45) is 0 Å². The maximum absolute atomic E-state index is 11.4. The first kappa shape index (κ1) is 18.3. The standard InChI is InChI=1S/C10H14O6.Mg.2H/c1-4-6-10(8(12)13,9(14)15-3)16-7(11)5-2;;;/h5H,2,4,6H2,1,3H3,(H,12,13);;;/q;+2;2*-1. The SMILES string of the molecule is C=CC(=O)OC(CCC)(C(=O)O)C(=O)OC.[H-].[H-].[Mg+2]. The van der Waals surface area contributed by atoms with Gasteiger partial charge in [-0.1, -0.05) is 19.9 Å². The Morgan fingerprint density at radius 2 is 2.00 bits per heavy atom. The Morgan fingerprint density at radius 3 is 2.29 bits per heavy atom. The minimum absolute atomic E-state index is 0. The molecule has 17 heavy (non-hydrogen) atoms. The van der Waals surface area contributed by atoms with Gasteiger partial charge < -0.3 is 17.4 Å². The summed E-state index contributed by atoms with van der Waals surface area (Å²) >= 11 is 0. The van der Waals surface area contributed by atoms with Crippen LogP contribution in [0.1, 0.15) is 22.6 Å². The summed E-state index contributed by atoms with van der Waals surface area (Å²) in [5, 5.41) is 8.99. The van der Waals surface area contributed by atoms with Crippen molar-refractivity contribution in [2.45, 2.75) is 25.4 Å². The molecule has 0 aromatic rings. The molecule has 1 N–H and O–H groups in total. The van der Waals surface area contributed by atoms with Crippen LogP contribution in [0.15, 0.2) is 12.7 Å². The number of carboxylic acids is 1. The zero-order valence-electron chi connectivity index (χ0n) is 11.9. The van der Waals surface area contributed by atoms with E-state index in [2.05, 4.69) is 16.1 Å². The van der Waals surface area contributed by atoms with Crippen LogP contribution in [0.2, 0.25) is 0 Å². The number of carbonyl (C=O) groups excluding carboxylic acids is 2. The molecule has 0 aliphatic heterocycles. The first-order valence-electron chi connectivity index (χ1n) is 4.61. The molecule has 0 spiro atoms. The summed E-state index contributed by atoms with van der Waals surface area (Å²) in [6, 6.07) is 0. The molecule has 0 aromatic heterocycles. The Hall–Kier alpha value is -1.08. The van der Waals surface area contributed by atoms with Crippen LogP contribution in [0.25, 0.3) is 0 Å². The third-order valence-corrected chi connectivity index (χ3v) is 1.90. The second kappa shape index (κ2) is 8.07. The number of hydrogen-bond donors (Lipinski definition) is 1. The van der Waals surface area contributed by atoms with Gasteiger partial charge in [0, 0.05) is 12.5 Å². The normalized spacial score (nSPS) is 12.6. The fraction of sp³-hybridized carbons (Fsp3) is 0.500. The van der Waals surface area contributed by atoms with Crippen LogP contribution in [0, 0.1) is 0 Å². The Kier molecular flexibility index (Phi) is 8.68. The minimum atomic E-state index is -2.28. The summed E-state index contributed by atoms with van der Waals surface area (Å²) in [5.41, 5.74) is -2.28. The fourth-order valence-corrected chi connectivity index (χ4v) is 1.16. The van der Waals surface area contributed by atoms with Crippen LogP contribution in [0.5, 0.6) is 0 Å². The van der Waals surface area contributed by atoms with E-state index in [-0.39, 0.29) is 32.3 Å². The third kappa shape index (κ3) is 4.35. The van der Waals surface area contributed by atoms with E-state index in [0.717, 1.165) is 13.2 Å². The first-order chi connectivity index (χ1) is 7.44. The molecule has 0 radical (unpaired) electrons. The number of methoxy groups -OCH3 is 1. The molecule has 0 heterocycles. The van der Waals surface area contributed by atoms with Crippen LogP contribution in [0.4, 0.5) is 0 Å². The second-order valence-corrected chi connectivity index (χ2v) is 3.00. The summed E-state index contributed by atoms with van der Waals surface area (Å²) in [6.45, 7) is 4.78. The Balaban J connectivity index is -0.000000375. The maximum atomic E-state index is 11.4. The topological polar surface area (TPSA) is 89.9 Å². The molecule has 0 amide bonds. The number of ether oxygens (including phenoxy) is 2. The fourth-order valence-electron chi connectivity index (χ4n) is 1.16. The van der Waals surface area contributed by atoms with Gasteiger partial charge in [-0.25, -0.2) is 14.4 Å². The summed E-state index contributed by atoms with van der Waals surface area (Å²) in [5.74, 6) is -3.66. The second-order valence-electron chi connectivity index (χ2n) is 3.00. The van der Waals surface area contributed by atoms with E-state index >= 15 is 0 Å². The van der Waals surface area contributed by atoms with Crippen molar-refractivity contribution in [1.29, 1.82) is 0 Å². The van der Waals surface area contributed by atoms with Crippen molar-refractivity contribution in [3.05, 3.63) is 12.7 Å². The van der Waals surface area contributed by atoms with Crippen molar-refractivity contribution in [3.8, 4) is 0 Å². The minimum Gasteiger partial charge on any atom is -1.00 e. The van der Waals surface area contributed by atoms with Crippen LogP contribution < -0.4 is 0 Å². The van der Waals surface area contributed by atoms with Gasteiger partial charge in [-0.15, -0.1) is 0 Å². The molecular formula is C10H16MgO6. The van der Waals surface area contributed by atoms with E-state index in [1.807, 2.05) is 0 Å². The van der Waals surface area contributed by atoms with Gasteiger partial charge >= 0.3 is 46.6 Å². The van der Waals surface area contributed by atoms with Crippen molar-refractivity contribution in [1.82, 2.24) is 0 Å². The largest absolute Gasteiger partial charge is 2.00 e. The quantitative estimate of drug-likeness (QED) is 0.319. The molecule has 6 nitrogen and oxygen atoms in total. The van der Waals surface area contributed by atoms with Crippen LogP contribution in [-0.2, 0) is 23.9 Å². The number of aliphatic carboxylic acids is 1. The van der Waals surface area contributed by atoms with Gasteiger partial charge in [0.1, 0.15) is 0 Å². The molecule has 0 saturated heterocycles. The van der Waals surface area contributed by atoms with E-state index in [4.69, 9.17) is 5.11 Å². The van der Waals surface area contributed by atoms with Gasteiger partial charge in [0.05, 0.1) is 7.11 Å². The Bertz CT molecular complexity index is 323. The zero-order valence-corrected chi connectivity index (χ0v) is 11.3. The zero-order chi connectivity index (χ0) is 12.8. The summed E-state index contributed by atoms with van der Waals surface area (Å²) < 4.78 is 8.95. The number of rotatable bonds is 6. The van der Waals surface area contributed by atoms with E-state index in [0.29, 0.717) is 6.42 Å². The predicted octanol–water partition coefficient (Wildman–Crippen LogP) is 0.356. The molecule has 1 unspecified atom stereocenters. The number of carboxylic acid groups (broad SMARTS) is 1. The molecule has 94 valence electrons. The average Bonchev–Trinajstić information content (AvgIpc) is 2.26. The van der Waals surface area contributed by atoms with E-state index < -0.39 is 23.5 Å². The molecule has 7 heteroatoms. The Morgan fingerprint density at radius 1 is 1.47 bits per heavy atom. The van der Waals surface area contributed by atoms with Crippen LogP contribution in [0.3, 0.4) is 0 Å². The molecule has 0 aliphatic rings. The average molecular weight is 257 g/mol. The molecule has 1 atom stereocenters. The van der Waals surface area contributed by atoms with E-state index in [1.54, 1.807) is 6.92 Å². The van der Waals surface area contributed by atoms with Crippen molar-refractivity contribution >= 4 is 41.0 Å². The van der Waals surface area contributed by atoms with Gasteiger partial charge in [-0.05, 0) is 0 Å². The van der Waals surface area contributed by atoms with E-state index in [1.165, 1.54) is 0 Å². The van der Waals surface area contributed by atoms with Gasteiger partial charge in [0.15, 0.2) is 0 Å². The maximum Gasteiger partial charge on any atom is 2.00 e. The molecule has 0 aromatic carbocycles. The monoisotopic (exact) mass is 256 g/mol. The summed E-state index contributed by atoms with van der Waals surface area (Å²) in [6.07, 6.45) is 0.969. The van der Waals surface area contributed by atoms with Gasteiger partial charge in [0.25, 0.3) is 0 Å². The van der Waals surface area contributed by atoms with Crippen molar-refractivity contribution in [3.63, 3.8) is 0 Å². The van der Waals surface area contributed by atoms with Crippen LogP contribution >= 0.6 is 0 Å². The van der Waals surface area contributed by atoms with Gasteiger partial charge in [-0.2, -0.15) is 0 Å². The van der Waals surface area contributed by atoms with Crippen LogP contribution in [-0.4, -0.2) is 58.8 Å². The molecule has 0 saturated carbocycles. The first-order valence-corrected chi connectivity index (χ1v) is 4.61. The number of hydrogen-bond acceptors (Lipinski definition) is 5. The summed E-state index contributed by atoms with van der Waals surface area (Å²) in [7, 11) is 1.03. The van der Waals surface area contributed by atoms with Crippen molar-refractivity contribution < 1.29 is 31.8 Å². The van der Waals surface area contributed by atoms with Gasteiger partial charge in [-0.3, -0.25) is 0 Å². The third-order valence-electron chi connectivity index (χ3n) is 1.90. The molecule has 0 fully saturated rings. The van der Waals surface area contributed by atoms with Crippen molar-refractivity contribution in [2.75, 3.05) is 7.11 Å². The predicted molar refractivity (Wildman–Crippen MR) is 61.6 cm³/mol. The molecule has 0 rings (SSSR count). The number of carbonyl (C=O) groups is 3. The number of esters is 2.